The summed E-state index contributed by atoms with van der Waals surface area (Å²) in [4.78, 5) is 0. The van der Waals surface area contributed by atoms with Gasteiger partial charge in [0.15, 0.2) is 11.5 Å². The molecule has 0 heterocycles. The molecule has 0 radical (unpaired) electrons. The Hall–Kier alpha value is -0.740. The van der Waals surface area contributed by atoms with Crippen molar-refractivity contribution in [2.45, 2.75) is 58.6 Å². The summed E-state index contributed by atoms with van der Waals surface area (Å²) >= 11 is 3.59. The second-order valence-corrected chi connectivity index (χ2v) is 5.89. The zero-order valence-electron chi connectivity index (χ0n) is 12.9. The van der Waals surface area contributed by atoms with Crippen LogP contribution in [-0.4, -0.2) is 19.3 Å². The molecule has 0 saturated carbocycles. The molecule has 1 rings (SSSR count). The third-order valence-corrected chi connectivity index (χ3v) is 4.10. The van der Waals surface area contributed by atoms with Crippen molar-refractivity contribution in [3.63, 3.8) is 0 Å². The van der Waals surface area contributed by atoms with Gasteiger partial charge in [0.05, 0.1) is 17.7 Å². The number of methoxy groups -OCH3 is 1. The van der Waals surface area contributed by atoms with Gasteiger partial charge < -0.3 is 15.2 Å². The molecule has 3 nitrogen and oxygen atoms in total. The highest BCUT2D eigenvalue weighted by atomic mass is 79.9. The van der Waals surface area contributed by atoms with Gasteiger partial charge in [-0.3, -0.25) is 0 Å². The highest BCUT2D eigenvalue weighted by Crippen LogP contribution is 2.38. The Bertz CT molecular complexity index is 419. The Morgan fingerprint density at radius 1 is 1.15 bits per heavy atom. The van der Waals surface area contributed by atoms with Gasteiger partial charge in [-0.2, -0.15) is 0 Å². The molecule has 1 unspecified atom stereocenters. The number of nitrogens with two attached hydrogens (primary N) is 1. The van der Waals surface area contributed by atoms with Crippen LogP contribution in [0.25, 0.3) is 0 Å². The third kappa shape index (κ3) is 4.67. The number of halogens is 1. The molecule has 4 heteroatoms. The molecule has 0 aromatic heterocycles. The number of rotatable bonds is 8. The van der Waals surface area contributed by atoms with Crippen molar-refractivity contribution in [2.75, 3.05) is 7.11 Å². The molecule has 1 aromatic rings. The molecular formula is C16H26BrNO2. The van der Waals surface area contributed by atoms with Gasteiger partial charge in [-0.05, 0) is 59.3 Å². The summed E-state index contributed by atoms with van der Waals surface area (Å²) in [6.07, 6.45) is 3.98. The molecule has 0 saturated heterocycles. The van der Waals surface area contributed by atoms with Crippen LogP contribution >= 0.6 is 15.9 Å². The van der Waals surface area contributed by atoms with Crippen LogP contribution in [0.15, 0.2) is 16.6 Å². The molecule has 0 amide bonds. The first-order chi connectivity index (χ1) is 9.55. The molecule has 20 heavy (non-hydrogen) atoms. The maximum atomic E-state index is 6.05. The largest absolute Gasteiger partial charge is 0.493 e. The van der Waals surface area contributed by atoms with E-state index in [1.54, 1.807) is 7.11 Å². The quantitative estimate of drug-likeness (QED) is 0.764. The summed E-state index contributed by atoms with van der Waals surface area (Å²) in [5, 5.41) is 0. The van der Waals surface area contributed by atoms with Crippen LogP contribution in [0.2, 0.25) is 0 Å². The molecular weight excluding hydrogens is 318 g/mol. The van der Waals surface area contributed by atoms with E-state index in [2.05, 4.69) is 42.8 Å². The summed E-state index contributed by atoms with van der Waals surface area (Å²) < 4.78 is 12.5. The van der Waals surface area contributed by atoms with Crippen molar-refractivity contribution in [2.24, 2.45) is 5.73 Å². The van der Waals surface area contributed by atoms with Crippen molar-refractivity contribution in [3.8, 4) is 11.5 Å². The predicted molar refractivity (Wildman–Crippen MR) is 87.7 cm³/mol. The summed E-state index contributed by atoms with van der Waals surface area (Å²) in [6, 6.07) is 4.28. The van der Waals surface area contributed by atoms with Crippen LogP contribution in [0.3, 0.4) is 0 Å². The molecule has 1 aromatic carbocycles. The van der Waals surface area contributed by atoms with E-state index in [1.165, 1.54) is 5.56 Å². The van der Waals surface area contributed by atoms with E-state index in [0.29, 0.717) is 0 Å². The van der Waals surface area contributed by atoms with E-state index in [9.17, 15) is 0 Å². The van der Waals surface area contributed by atoms with Gasteiger partial charge >= 0.3 is 0 Å². The molecule has 2 N–H and O–H groups in total. The molecule has 114 valence electrons. The van der Waals surface area contributed by atoms with Crippen LogP contribution in [0.4, 0.5) is 0 Å². The first-order valence-electron chi connectivity index (χ1n) is 7.34. The highest BCUT2D eigenvalue weighted by Gasteiger charge is 2.16. The average Bonchev–Trinajstić information content (AvgIpc) is 2.45. The number of hydrogen-bond acceptors (Lipinski definition) is 3. The fraction of sp³-hybridized carbons (Fsp3) is 0.625. The number of benzene rings is 1. The molecule has 0 bridgehead atoms. The topological polar surface area (TPSA) is 44.5 Å². The number of hydrogen-bond donors (Lipinski definition) is 1. The lowest BCUT2D eigenvalue weighted by Gasteiger charge is -2.20. The number of ether oxygens (including phenoxy) is 2. The van der Waals surface area contributed by atoms with E-state index in [0.717, 1.165) is 41.7 Å². The van der Waals surface area contributed by atoms with Gasteiger partial charge in [0.2, 0.25) is 0 Å². The molecule has 0 aliphatic rings. The Morgan fingerprint density at radius 2 is 1.80 bits per heavy atom. The lowest BCUT2D eigenvalue weighted by molar-refractivity contribution is 0.183. The minimum Gasteiger partial charge on any atom is -0.493 e. The van der Waals surface area contributed by atoms with Gasteiger partial charge in [0.25, 0.3) is 0 Å². The van der Waals surface area contributed by atoms with Crippen LogP contribution in [-0.2, 0) is 6.42 Å². The summed E-state index contributed by atoms with van der Waals surface area (Å²) in [6.45, 7) is 6.36. The Morgan fingerprint density at radius 3 is 2.30 bits per heavy atom. The monoisotopic (exact) mass is 343 g/mol. The first-order valence-corrected chi connectivity index (χ1v) is 8.13. The summed E-state index contributed by atoms with van der Waals surface area (Å²) in [5.74, 6) is 1.56. The predicted octanol–water partition coefficient (Wildman–Crippen LogP) is 4.30. The van der Waals surface area contributed by atoms with Crippen molar-refractivity contribution in [1.29, 1.82) is 0 Å². The van der Waals surface area contributed by atoms with Gasteiger partial charge in [-0.25, -0.2) is 0 Å². The first kappa shape index (κ1) is 17.3. The van der Waals surface area contributed by atoms with Crippen LogP contribution in [0.1, 0.15) is 45.6 Å². The minimum atomic E-state index is 0.178. The lowest BCUT2D eigenvalue weighted by Crippen LogP contribution is -2.21. The van der Waals surface area contributed by atoms with E-state index in [4.69, 9.17) is 15.2 Å². The average molecular weight is 344 g/mol. The van der Waals surface area contributed by atoms with E-state index < -0.39 is 0 Å². The standard InChI is InChI=1S/C16H26BrNO2/c1-5-12(18)8-11-9-14(17)16(15(10-11)19-4)20-13(6-2)7-3/h9-10,12-13H,5-8,18H2,1-4H3. The Kier molecular flexibility index (Phi) is 7.38. The summed E-state index contributed by atoms with van der Waals surface area (Å²) in [7, 11) is 1.67. The second kappa shape index (κ2) is 8.53. The fourth-order valence-corrected chi connectivity index (χ4v) is 2.66. The Balaban J connectivity index is 3.01. The van der Waals surface area contributed by atoms with Crippen LogP contribution in [0, 0.1) is 0 Å². The van der Waals surface area contributed by atoms with E-state index in [-0.39, 0.29) is 12.1 Å². The van der Waals surface area contributed by atoms with Crippen LogP contribution < -0.4 is 15.2 Å². The zero-order valence-corrected chi connectivity index (χ0v) is 14.5. The SMILES string of the molecule is CCC(N)Cc1cc(Br)c(OC(CC)CC)c(OC)c1. The fourth-order valence-electron chi connectivity index (χ4n) is 2.07. The Labute approximate surface area is 131 Å². The molecule has 1 atom stereocenters. The van der Waals surface area contributed by atoms with Gasteiger partial charge in [-0.15, -0.1) is 0 Å². The van der Waals surface area contributed by atoms with Gasteiger partial charge in [0.1, 0.15) is 0 Å². The maximum Gasteiger partial charge on any atom is 0.175 e. The smallest absolute Gasteiger partial charge is 0.175 e. The molecule has 0 aliphatic heterocycles. The lowest BCUT2D eigenvalue weighted by atomic mass is 10.0. The minimum absolute atomic E-state index is 0.178. The molecule has 0 spiro atoms. The second-order valence-electron chi connectivity index (χ2n) is 5.04. The molecule has 0 fully saturated rings. The maximum absolute atomic E-state index is 6.05. The summed E-state index contributed by atoms with van der Waals surface area (Å²) in [5.41, 5.74) is 7.19. The third-order valence-electron chi connectivity index (χ3n) is 3.51. The highest BCUT2D eigenvalue weighted by molar-refractivity contribution is 9.10. The van der Waals surface area contributed by atoms with Crippen LogP contribution in [0.5, 0.6) is 11.5 Å². The van der Waals surface area contributed by atoms with E-state index in [1.807, 2.05) is 6.07 Å². The zero-order chi connectivity index (χ0) is 15.1. The van der Waals surface area contributed by atoms with E-state index >= 15 is 0 Å². The van der Waals surface area contributed by atoms with Crippen molar-refractivity contribution < 1.29 is 9.47 Å². The van der Waals surface area contributed by atoms with Gasteiger partial charge in [0, 0.05) is 6.04 Å². The van der Waals surface area contributed by atoms with Gasteiger partial charge in [-0.1, -0.05) is 20.8 Å². The van der Waals surface area contributed by atoms with Crippen molar-refractivity contribution in [3.05, 3.63) is 22.2 Å². The normalized spacial score (nSPS) is 12.6. The van der Waals surface area contributed by atoms with Crippen molar-refractivity contribution in [1.82, 2.24) is 0 Å². The molecule has 0 aliphatic carbocycles. The van der Waals surface area contributed by atoms with Crippen molar-refractivity contribution >= 4 is 15.9 Å².